The van der Waals surface area contributed by atoms with E-state index in [9.17, 15) is 0 Å². The van der Waals surface area contributed by atoms with Crippen LogP contribution in [0.4, 0.5) is 11.4 Å². The number of anilines is 2. The summed E-state index contributed by atoms with van der Waals surface area (Å²) in [5.74, 6) is 1.03. The lowest BCUT2D eigenvalue weighted by atomic mass is 10.2. The lowest BCUT2D eigenvalue weighted by Crippen LogP contribution is -2.19. The molecule has 0 aliphatic rings. The van der Waals surface area contributed by atoms with Crippen LogP contribution in [-0.2, 0) is 0 Å². The second-order valence-electron chi connectivity index (χ2n) is 4.42. The third-order valence-electron chi connectivity index (χ3n) is 2.84. The van der Waals surface area contributed by atoms with Gasteiger partial charge in [0.05, 0.1) is 24.9 Å². The monoisotopic (exact) mass is 390 g/mol. The van der Waals surface area contributed by atoms with Crippen molar-refractivity contribution in [2.75, 3.05) is 24.9 Å². The van der Waals surface area contributed by atoms with E-state index in [1.165, 1.54) is 14.2 Å². The van der Waals surface area contributed by atoms with Gasteiger partial charge in [-0.15, -0.1) is 0 Å². The Labute approximate surface area is 154 Å². The first kappa shape index (κ1) is 17.9. The van der Waals surface area contributed by atoms with Crippen LogP contribution in [0.15, 0.2) is 30.3 Å². The first-order chi connectivity index (χ1) is 10.9. The molecule has 0 fully saturated rings. The molecular weight excluding hydrogens is 379 g/mol. The highest BCUT2D eigenvalue weighted by Crippen LogP contribution is 2.36. The number of rotatable bonds is 4. The molecule has 2 aromatic carbocycles. The Bertz CT molecular complexity index is 721. The Balaban J connectivity index is 2.19. The summed E-state index contributed by atoms with van der Waals surface area (Å²) in [4.78, 5) is 0. The molecule has 0 saturated carbocycles. The van der Waals surface area contributed by atoms with Gasteiger partial charge in [-0.25, -0.2) is 0 Å². The Morgan fingerprint density at radius 3 is 2.04 bits per heavy atom. The quantitative estimate of drug-likeness (QED) is 0.676. The van der Waals surface area contributed by atoms with Crippen LogP contribution in [-0.4, -0.2) is 19.3 Å². The van der Waals surface area contributed by atoms with Crippen LogP contribution >= 0.6 is 47.0 Å². The van der Waals surface area contributed by atoms with Gasteiger partial charge >= 0.3 is 0 Å². The summed E-state index contributed by atoms with van der Waals surface area (Å²) in [7, 11) is 3.07. The number of halogens is 3. The summed E-state index contributed by atoms with van der Waals surface area (Å²) in [6.45, 7) is 0. The zero-order valence-electron chi connectivity index (χ0n) is 12.2. The number of benzene rings is 2. The van der Waals surface area contributed by atoms with E-state index < -0.39 is 0 Å². The van der Waals surface area contributed by atoms with E-state index >= 15 is 0 Å². The van der Waals surface area contributed by atoms with Crippen molar-refractivity contribution in [3.63, 3.8) is 0 Å². The standard InChI is InChI=1S/C15H13Cl3N2O2S/c1-21-13-7-12(14(22-2)6-11(13)18)20-15(23)19-10-4-8(16)3-9(17)5-10/h3-7H,1-2H3,(H2,19,20,23). The van der Waals surface area contributed by atoms with Gasteiger partial charge in [-0.3, -0.25) is 0 Å². The van der Waals surface area contributed by atoms with Crippen molar-refractivity contribution in [3.05, 3.63) is 45.4 Å². The second kappa shape index (κ2) is 7.93. The molecule has 2 aromatic rings. The molecule has 0 radical (unpaired) electrons. The van der Waals surface area contributed by atoms with E-state index in [0.717, 1.165) is 0 Å². The average Bonchev–Trinajstić information content (AvgIpc) is 2.47. The molecule has 4 nitrogen and oxygen atoms in total. The summed E-state index contributed by atoms with van der Waals surface area (Å²) in [6, 6.07) is 8.39. The maximum atomic E-state index is 6.07. The molecule has 0 aromatic heterocycles. The molecule has 0 spiro atoms. The van der Waals surface area contributed by atoms with Crippen LogP contribution in [0.5, 0.6) is 11.5 Å². The zero-order chi connectivity index (χ0) is 17.0. The lowest BCUT2D eigenvalue weighted by Gasteiger charge is -2.15. The molecule has 0 saturated heterocycles. The van der Waals surface area contributed by atoms with E-state index in [1.54, 1.807) is 30.3 Å². The molecule has 0 bridgehead atoms. The number of nitrogens with one attached hydrogen (secondary N) is 2. The van der Waals surface area contributed by atoms with Crippen LogP contribution in [0.2, 0.25) is 15.1 Å². The fourth-order valence-corrected chi connectivity index (χ4v) is 2.85. The van der Waals surface area contributed by atoms with E-state index in [4.69, 9.17) is 56.5 Å². The third kappa shape index (κ3) is 4.78. The molecule has 0 heterocycles. The maximum absolute atomic E-state index is 6.07. The third-order valence-corrected chi connectivity index (χ3v) is 3.78. The van der Waals surface area contributed by atoms with Crippen LogP contribution in [0.25, 0.3) is 0 Å². The molecule has 122 valence electrons. The molecule has 0 unspecified atom stereocenters. The van der Waals surface area contributed by atoms with Crippen LogP contribution < -0.4 is 20.1 Å². The fourth-order valence-electron chi connectivity index (χ4n) is 1.87. The minimum absolute atomic E-state index is 0.339. The molecule has 0 atom stereocenters. The minimum Gasteiger partial charge on any atom is -0.495 e. The summed E-state index contributed by atoms with van der Waals surface area (Å²) in [5.41, 5.74) is 1.28. The fraction of sp³-hybridized carbons (Fsp3) is 0.133. The molecule has 0 aliphatic heterocycles. The molecule has 0 aliphatic carbocycles. The smallest absolute Gasteiger partial charge is 0.175 e. The van der Waals surface area contributed by atoms with E-state index in [-0.39, 0.29) is 0 Å². The highest BCUT2D eigenvalue weighted by atomic mass is 35.5. The predicted octanol–water partition coefficient (Wildman–Crippen LogP) is 5.47. The van der Waals surface area contributed by atoms with Gasteiger partial charge in [-0.05, 0) is 30.4 Å². The van der Waals surface area contributed by atoms with E-state index in [2.05, 4.69) is 10.6 Å². The molecule has 0 amide bonds. The van der Waals surface area contributed by atoms with Gasteiger partial charge in [0.1, 0.15) is 11.5 Å². The first-order valence-corrected chi connectivity index (χ1v) is 7.92. The van der Waals surface area contributed by atoms with Crippen molar-refractivity contribution in [1.29, 1.82) is 0 Å². The molecule has 23 heavy (non-hydrogen) atoms. The molecule has 2 N–H and O–H groups in total. The van der Waals surface area contributed by atoms with Gasteiger partial charge in [-0.2, -0.15) is 0 Å². The SMILES string of the molecule is COc1cc(NC(=S)Nc2cc(Cl)cc(Cl)c2)c(OC)cc1Cl. The van der Waals surface area contributed by atoms with Crippen LogP contribution in [0.3, 0.4) is 0 Å². The summed E-state index contributed by atoms with van der Waals surface area (Å²) in [5, 5.41) is 7.81. The van der Waals surface area contributed by atoms with Crippen LogP contribution in [0.1, 0.15) is 0 Å². The van der Waals surface area contributed by atoms with Gasteiger partial charge in [0, 0.05) is 27.9 Å². The van der Waals surface area contributed by atoms with E-state index in [0.29, 0.717) is 43.1 Å². The number of methoxy groups -OCH3 is 2. The Hall–Kier alpha value is -1.40. The van der Waals surface area contributed by atoms with Crippen molar-refractivity contribution in [2.24, 2.45) is 0 Å². The number of hydrogen-bond acceptors (Lipinski definition) is 3. The summed E-state index contributed by atoms with van der Waals surface area (Å²) < 4.78 is 10.5. The van der Waals surface area contributed by atoms with Crippen molar-refractivity contribution >= 4 is 63.5 Å². The predicted molar refractivity (Wildman–Crippen MR) is 101 cm³/mol. The lowest BCUT2D eigenvalue weighted by molar-refractivity contribution is 0.405. The van der Waals surface area contributed by atoms with Crippen molar-refractivity contribution in [1.82, 2.24) is 0 Å². The number of ether oxygens (including phenoxy) is 2. The normalized spacial score (nSPS) is 10.1. The molecule has 8 heteroatoms. The van der Waals surface area contributed by atoms with Crippen molar-refractivity contribution in [3.8, 4) is 11.5 Å². The van der Waals surface area contributed by atoms with Gasteiger partial charge in [0.25, 0.3) is 0 Å². The first-order valence-electron chi connectivity index (χ1n) is 6.38. The second-order valence-corrected chi connectivity index (χ2v) is 6.11. The summed E-state index contributed by atoms with van der Waals surface area (Å²) >= 11 is 23.3. The minimum atomic E-state index is 0.339. The number of thiocarbonyl (C=S) groups is 1. The molecule has 2 rings (SSSR count). The number of hydrogen-bond donors (Lipinski definition) is 2. The van der Waals surface area contributed by atoms with Gasteiger partial charge in [-0.1, -0.05) is 34.8 Å². The van der Waals surface area contributed by atoms with Crippen molar-refractivity contribution < 1.29 is 9.47 Å². The van der Waals surface area contributed by atoms with Gasteiger partial charge < -0.3 is 20.1 Å². The topological polar surface area (TPSA) is 42.5 Å². The highest BCUT2D eigenvalue weighted by molar-refractivity contribution is 7.80. The van der Waals surface area contributed by atoms with Gasteiger partial charge in [0.2, 0.25) is 0 Å². The van der Waals surface area contributed by atoms with Crippen LogP contribution in [0, 0.1) is 0 Å². The Kier molecular flexibility index (Phi) is 6.18. The Morgan fingerprint density at radius 1 is 0.870 bits per heavy atom. The highest BCUT2D eigenvalue weighted by Gasteiger charge is 2.11. The Morgan fingerprint density at radius 2 is 1.48 bits per heavy atom. The maximum Gasteiger partial charge on any atom is 0.175 e. The van der Waals surface area contributed by atoms with Gasteiger partial charge in [0.15, 0.2) is 5.11 Å². The van der Waals surface area contributed by atoms with Crippen molar-refractivity contribution in [2.45, 2.75) is 0 Å². The molecular formula is C15H13Cl3N2O2S. The summed E-state index contributed by atoms with van der Waals surface area (Å²) in [6.07, 6.45) is 0. The zero-order valence-corrected chi connectivity index (χ0v) is 15.3. The largest absolute Gasteiger partial charge is 0.495 e. The average molecular weight is 392 g/mol. The van der Waals surface area contributed by atoms with E-state index in [1.807, 2.05) is 0 Å².